The van der Waals surface area contributed by atoms with Crippen molar-refractivity contribution in [3.8, 4) is 0 Å². The van der Waals surface area contributed by atoms with Gasteiger partial charge in [0.2, 0.25) is 0 Å². The molecule has 0 aliphatic rings. The van der Waals surface area contributed by atoms with Gasteiger partial charge in [-0.05, 0) is 25.1 Å². The Labute approximate surface area is 126 Å². The molecule has 3 aromatic rings. The lowest BCUT2D eigenvalue weighted by Gasteiger charge is -2.11. The van der Waals surface area contributed by atoms with E-state index >= 15 is 0 Å². The number of hydrogen-bond donors (Lipinski definition) is 1. The van der Waals surface area contributed by atoms with Crippen molar-refractivity contribution in [3.63, 3.8) is 0 Å². The zero-order chi connectivity index (χ0) is 15.7. The van der Waals surface area contributed by atoms with E-state index in [0.717, 1.165) is 28.0 Å². The van der Waals surface area contributed by atoms with E-state index in [-0.39, 0.29) is 5.69 Å². The SMILES string of the molecule is Cc1cc(NCc2ccnn2C)c2cc([N+](=O)[O-])ccc2n1. The molecule has 0 spiro atoms. The van der Waals surface area contributed by atoms with Crippen LogP contribution in [0, 0.1) is 17.0 Å². The van der Waals surface area contributed by atoms with Gasteiger partial charge in [0, 0.05) is 42.1 Å². The van der Waals surface area contributed by atoms with Crippen LogP contribution in [-0.2, 0) is 13.6 Å². The maximum absolute atomic E-state index is 11.0. The molecule has 0 saturated heterocycles. The number of nitro benzene ring substituents is 1. The number of fused-ring (bicyclic) bond motifs is 1. The van der Waals surface area contributed by atoms with E-state index in [9.17, 15) is 10.1 Å². The van der Waals surface area contributed by atoms with Gasteiger partial charge in [-0.25, -0.2) is 0 Å². The summed E-state index contributed by atoms with van der Waals surface area (Å²) in [7, 11) is 1.87. The van der Waals surface area contributed by atoms with Crippen molar-refractivity contribution in [1.82, 2.24) is 14.8 Å². The number of aromatic nitrogens is 3. The molecule has 0 radical (unpaired) electrons. The Morgan fingerprint density at radius 2 is 2.14 bits per heavy atom. The average Bonchev–Trinajstić information content (AvgIpc) is 2.89. The first kappa shape index (κ1) is 14.0. The topological polar surface area (TPSA) is 85.9 Å². The highest BCUT2D eigenvalue weighted by Gasteiger charge is 2.11. The minimum atomic E-state index is -0.399. The van der Waals surface area contributed by atoms with Gasteiger partial charge in [0.15, 0.2) is 0 Å². The van der Waals surface area contributed by atoms with Gasteiger partial charge in [-0.1, -0.05) is 0 Å². The van der Waals surface area contributed by atoms with Crippen LogP contribution in [0.25, 0.3) is 10.9 Å². The van der Waals surface area contributed by atoms with Crippen molar-refractivity contribution in [2.45, 2.75) is 13.5 Å². The molecule has 0 aliphatic carbocycles. The number of anilines is 1. The summed E-state index contributed by atoms with van der Waals surface area (Å²) in [5.74, 6) is 0. The molecular weight excluding hydrogens is 282 g/mol. The molecule has 1 aromatic carbocycles. The standard InChI is InChI=1S/C15H15N5O2/c1-10-7-15(16-9-12-5-6-17-19(12)2)13-8-11(20(21)22)3-4-14(13)18-10/h3-8H,9H2,1-2H3,(H,16,18). The number of hydrogen-bond acceptors (Lipinski definition) is 5. The fraction of sp³-hybridized carbons (Fsp3) is 0.200. The third-order valence-corrected chi connectivity index (χ3v) is 3.51. The fourth-order valence-electron chi connectivity index (χ4n) is 2.37. The molecule has 7 nitrogen and oxygen atoms in total. The van der Waals surface area contributed by atoms with E-state index < -0.39 is 4.92 Å². The van der Waals surface area contributed by atoms with Gasteiger partial charge < -0.3 is 5.32 Å². The molecule has 22 heavy (non-hydrogen) atoms. The second-order valence-electron chi connectivity index (χ2n) is 5.07. The second-order valence-corrected chi connectivity index (χ2v) is 5.07. The van der Waals surface area contributed by atoms with E-state index in [2.05, 4.69) is 15.4 Å². The summed E-state index contributed by atoms with van der Waals surface area (Å²) in [4.78, 5) is 15.0. The van der Waals surface area contributed by atoms with Gasteiger partial charge in [-0.15, -0.1) is 0 Å². The van der Waals surface area contributed by atoms with Gasteiger partial charge in [0.1, 0.15) is 0 Å². The molecule has 0 bridgehead atoms. The average molecular weight is 297 g/mol. The molecule has 2 aromatic heterocycles. The highest BCUT2D eigenvalue weighted by molar-refractivity contribution is 5.93. The zero-order valence-electron chi connectivity index (χ0n) is 12.3. The number of rotatable bonds is 4. The Balaban J connectivity index is 2.01. The van der Waals surface area contributed by atoms with Gasteiger partial charge in [-0.2, -0.15) is 5.10 Å². The highest BCUT2D eigenvalue weighted by atomic mass is 16.6. The normalized spacial score (nSPS) is 10.8. The number of nitrogens with zero attached hydrogens (tertiary/aromatic N) is 4. The monoisotopic (exact) mass is 297 g/mol. The molecule has 0 aliphatic heterocycles. The van der Waals surface area contributed by atoms with Gasteiger partial charge in [0.05, 0.1) is 22.7 Å². The van der Waals surface area contributed by atoms with Gasteiger partial charge >= 0.3 is 0 Å². The maximum Gasteiger partial charge on any atom is 0.270 e. The van der Waals surface area contributed by atoms with Crippen molar-refractivity contribution in [3.05, 3.63) is 58.0 Å². The molecule has 2 heterocycles. The van der Waals surface area contributed by atoms with Gasteiger partial charge in [0.25, 0.3) is 5.69 Å². The number of nitro groups is 1. The lowest BCUT2D eigenvalue weighted by molar-refractivity contribution is -0.384. The number of aryl methyl sites for hydroxylation is 2. The van der Waals surface area contributed by atoms with Crippen LogP contribution in [0.3, 0.4) is 0 Å². The highest BCUT2D eigenvalue weighted by Crippen LogP contribution is 2.27. The summed E-state index contributed by atoms with van der Waals surface area (Å²) in [6, 6.07) is 8.51. The minimum absolute atomic E-state index is 0.0572. The number of pyridine rings is 1. The Hall–Kier alpha value is -2.96. The van der Waals surface area contributed by atoms with E-state index in [1.54, 1.807) is 23.0 Å². The van der Waals surface area contributed by atoms with Crippen molar-refractivity contribution in [2.24, 2.45) is 7.05 Å². The van der Waals surface area contributed by atoms with Crippen LogP contribution in [-0.4, -0.2) is 19.7 Å². The van der Waals surface area contributed by atoms with Crippen molar-refractivity contribution in [1.29, 1.82) is 0 Å². The number of benzene rings is 1. The summed E-state index contributed by atoms with van der Waals surface area (Å²) in [5, 5.41) is 19.1. The Kier molecular flexibility index (Phi) is 3.46. The van der Waals surface area contributed by atoms with Crippen LogP contribution < -0.4 is 5.32 Å². The molecule has 7 heteroatoms. The first-order valence-corrected chi connectivity index (χ1v) is 6.81. The minimum Gasteiger partial charge on any atom is -0.379 e. The summed E-state index contributed by atoms with van der Waals surface area (Å²) in [5.41, 5.74) is 3.49. The molecule has 0 fully saturated rings. The number of nitrogens with one attached hydrogen (secondary N) is 1. The Morgan fingerprint density at radius 3 is 2.82 bits per heavy atom. The first-order chi connectivity index (χ1) is 10.5. The van der Waals surface area contributed by atoms with E-state index in [1.165, 1.54) is 6.07 Å². The zero-order valence-corrected chi connectivity index (χ0v) is 12.3. The van der Waals surface area contributed by atoms with Crippen LogP contribution in [0.15, 0.2) is 36.5 Å². The van der Waals surface area contributed by atoms with Crippen molar-refractivity contribution < 1.29 is 4.92 Å². The van der Waals surface area contributed by atoms with Crippen LogP contribution >= 0.6 is 0 Å². The molecule has 3 rings (SSSR count). The van der Waals surface area contributed by atoms with Crippen LogP contribution in [0.2, 0.25) is 0 Å². The largest absolute Gasteiger partial charge is 0.379 e. The molecule has 112 valence electrons. The third kappa shape index (κ3) is 2.60. The lowest BCUT2D eigenvalue weighted by Crippen LogP contribution is -2.06. The quantitative estimate of drug-likeness (QED) is 0.591. The number of non-ortho nitro benzene ring substituents is 1. The molecule has 0 unspecified atom stereocenters. The van der Waals surface area contributed by atoms with Crippen LogP contribution in [0.4, 0.5) is 11.4 Å². The van der Waals surface area contributed by atoms with Crippen molar-refractivity contribution in [2.75, 3.05) is 5.32 Å². The van der Waals surface area contributed by atoms with Crippen LogP contribution in [0.1, 0.15) is 11.4 Å². The van der Waals surface area contributed by atoms with E-state index in [0.29, 0.717) is 6.54 Å². The molecule has 0 saturated carbocycles. The Bertz CT molecular complexity index is 856. The van der Waals surface area contributed by atoms with E-state index in [4.69, 9.17) is 0 Å². The van der Waals surface area contributed by atoms with Crippen LogP contribution in [0.5, 0.6) is 0 Å². The molecule has 1 N–H and O–H groups in total. The Morgan fingerprint density at radius 1 is 1.32 bits per heavy atom. The predicted molar refractivity (Wildman–Crippen MR) is 83.7 cm³/mol. The lowest BCUT2D eigenvalue weighted by atomic mass is 10.1. The third-order valence-electron chi connectivity index (χ3n) is 3.51. The summed E-state index contributed by atoms with van der Waals surface area (Å²) < 4.78 is 1.78. The maximum atomic E-state index is 11.0. The molecular formula is C15H15N5O2. The summed E-state index contributed by atoms with van der Waals surface area (Å²) in [6.45, 7) is 2.48. The fourth-order valence-corrected chi connectivity index (χ4v) is 2.37. The summed E-state index contributed by atoms with van der Waals surface area (Å²) >= 11 is 0. The van der Waals surface area contributed by atoms with E-state index in [1.807, 2.05) is 26.1 Å². The smallest absolute Gasteiger partial charge is 0.270 e. The first-order valence-electron chi connectivity index (χ1n) is 6.81. The van der Waals surface area contributed by atoms with Crippen molar-refractivity contribution >= 4 is 22.3 Å². The summed E-state index contributed by atoms with van der Waals surface area (Å²) in [6.07, 6.45) is 1.73. The van der Waals surface area contributed by atoms with Gasteiger partial charge in [-0.3, -0.25) is 19.8 Å². The second kappa shape index (κ2) is 5.44. The molecule has 0 amide bonds. The molecule has 0 atom stereocenters. The predicted octanol–water partition coefficient (Wildman–Crippen LogP) is 2.80.